The predicted molar refractivity (Wildman–Crippen MR) is 104 cm³/mol. The van der Waals surface area contributed by atoms with Crippen LogP contribution in [0.2, 0.25) is 5.02 Å². The Labute approximate surface area is 162 Å². The van der Waals surface area contributed by atoms with Crippen LogP contribution in [0.15, 0.2) is 52.9 Å². The van der Waals surface area contributed by atoms with Gasteiger partial charge < -0.3 is 14.1 Å². The van der Waals surface area contributed by atoms with E-state index >= 15 is 0 Å². The van der Waals surface area contributed by atoms with Gasteiger partial charge in [0.2, 0.25) is 5.89 Å². The number of carbonyl (C=O) groups excluding carboxylic acids is 1. The molecule has 1 aliphatic heterocycles. The van der Waals surface area contributed by atoms with Gasteiger partial charge in [-0.1, -0.05) is 29.8 Å². The fourth-order valence-electron chi connectivity index (χ4n) is 3.51. The summed E-state index contributed by atoms with van der Waals surface area (Å²) in [6.45, 7) is 2.44. The Balaban J connectivity index is 1.55. The molecule has 4 rings (SSSR count). The lowest BCUT2D eigenvalue weighted by Crippen LogP contribution is -2.45. The van der Waals surface area contributed by atoms with Gasteiger partial charge in [0.1, 0.15) is 17.3 Å². The van der Waals surface area contributed by atoms with E-state index in [1.165, 1.54) is 0 Å². The molecule has 0 radical (unpaired) electrons. The van der Waals surface area contributed by atoms with Crippen molar-refractivity contribution in [1.82, 2.24) is 9.88 Å². The number of fused-ring (bicyclic) bond motifs is 1. The van der Waals surface area contributed by atoms with Gasteiger partial charge in [-0.05, 0) is 56.5 Å². The lowest BCUT2D eigenvalue weighted by Gasteiger charge is -2.35. The van der Waals surface area contributed by atoms with Crippen molar-refractivity contribution < 1.29 is 13.9 Å². The number of halogens is 1. The Kier molecular flexibility index (Phi) is 5.03. The van der Waals surface area contributed by atoms with Crippen molar-refractivity contribution in [2.75, 3.05) is 6.54 Å². The van der Waals surface area contributed by atoms with E-state index in [-0.39, 0.29) is 11.9 Å². The van der Waals surface area contributed by atoms with Gasteiger partial charge in [-0.2, -0.15) is 0 Å². The van der Waals surface area contributed by atoms with Crippen LogP contribution in [0.25, 0.3) is 11.1 Å². The standard InChI is InChI=1S/C21H21ClN2O3/c1-14(26-16-8-6-7-15(22)13-16)21(25)24-12-5-4-10-18(24)20-23-17-9-2-3-11-19(17)27-20/h2-3,6-9,11,13-14,18H,4-5,10,12H2,1H3/t14-,18+/m1/s1. The largest absolute Gasteiger partial charge is 0.481 e. The highest BCUT2D eigenvalue weighted by molar-refractivity contribution is 6.30. The van der Waals surface area contributed by atoms with Crippen molar-refractivity contribution in [3.63, 3.8) is 0 Å². The summed E-state index contributed by atoms with van der Waals surface area (Å²) in [7, 11) is 0. The molecule has 2 atom stereocenters. The minimum absolute atomic E-state index is 0.0677. The summed E-state index contributed by atoms with van der Waals surface area (Å²) in [5.74, 6) is 1.11. The fourth-order valence-corrected chi connectivity index (χ4v) is 3.69. The molecular weight excluding hydrogens is 364 g/mol. The lowest BCUT2D eigenvalue weighted by atomic mass is 10.0. The molecule has 3 aromatic rings. The zero-order valence-corrected chi connectivity index (χ0v) is 15.9. The third-order valence-electron chi connectivity index (χ3n) is 4.84. The van der Waals surface area contributed by atoms with Crippen LogP contribution in [0.5, 0.6) is 5.75 Å². The molecule has 1 aromatic heterocycles. The Morgan fingerprint density at radius 1 is 1.26 bits per heavy atom. The van der Waals surface area contributed by atoms with Gasteiger partial charge in [-0.3, -0.25) is 4.79 Å². The number of oxazole rings is 1. The first-order valence-corrected chi connectivity index (χ1v) is 9.58. The molecule has 27 heavy (non-hydrogen) atoms. The minimum Gasteiger partial charge on any atom is -0.481 e. The molecule has 2 aromatic carbocycles. The number of piperidine rings is 1. The average molecular weight is 385 g/mol. The van der Waals surface area contributed by atoms with Gasteiger partial charge in [0.25, 0.3) is 5.91 Å². The molecule has 1 amide bonds. The van der Waals surface area contributed by atoms with Gasteiger partial charge in [-0.25, -0.2) is 4.98 Å². The molecular formula is C21H21ClN2O3. The molecule has 1 saturated heterocycles. The fraction of sp³-hybridized carbons (Fsp3) is 0.333. The second-order valence-corrected chi connectivity index (χ2v) is 7.22. The third-order valence-corrected chi connectivity index (χ3v) is 5.07. The molecule has 0 saturated carbocycles. The van der Waals surface area contributed by atoms with Gasteiger partial charge in [-0.15, -0.1) is 0 Å². The van der Waals surface area contributed by atoms with Gasteiger partial charge >= 0.3 is 0 Å². The van der Waals surface area contributed by atoms with E-state index < -0.39 is 6.10 Å². The topological polar surface area (TPSA) is 55.6 Å². The Hall–Kier alpha value is -2.53. The van der Waals surface area contributed by atoms with Crippen LogP contribution in [0, 0.1) is 0 Å². The lowest BCUT2D eigenvalue weighted by molar-refractivity contribution is -0.142. The molecule has 140 valence electrons. The number of benzene rings is 2. The highest BCUT2D eigenvalue weighted by Gasteiger charge is 2.34. The van der Waals surface area contributed by atoms with Crippen molar-refractivity contribution in [2.24, 2.45) is 0 Å². The van der Waals surface area contributed by atoms with Crippen LogP contribution in [-0.2, 0) is 4.79 Å². The number of para-hydroxylation sites is 2. The molecule has 5 nitrogen and oxygen atoms in total. The number of hydrogen-bond acceptors (Lipinski definition) is 4. The van der Waals surface area contributed by atoms with Crippen LogP contribution in [-0.4, -0.2) is 28.4 Å². The maximum absolute atomic E-state index is 13.1. The van der Waals surface area contributed by atoms with Crippen molar-refractivity contribution in [2.45, 2.75) is 38.3 Å². The van der Waals surface area contributed by atoms with Crippen LogP contribution < -0.4 is 4.74 Å². The van der Waals surface area contributed by atoms with Crippen molar-refractivity contribution in [3.8, 4) is 5.75 Å². The summed E-state index contributed by atoms with van der Waals surface area (Å²) >= 11 is 6.00. The highest BCUT2D eigenvalue weighted by Crippen LogP contribution is 2.33. The monoisotopic (exact) mass is 384 g/mol. The molecule has 1 aliphatic rings. The van der Waals surface area contributed by atoms with Crippen LogP contribution in [0.4, 0.5) is 0 Å². The number of likely N-dealkylation sites (tertiary alicyclic amines) is 1. The van der Waals surface area contributed by atoms with E-state index in [1.54, 1.807) is 31.2 Å². The second-order valence-electron chi connectivity index (χ2n) is 6.78. The highest BCUT2D eigenvalue weighted by atomic mass is 35.5. The van der Waals surface area contributed by atoms with E-state index in [0.29, 0.717) is 23.2 Å². The smallest absolute Gasteiger partial charge is 0.264 e. The van der Waals surface area contributed by atoms with Crippen LogP contribution >= 0.6 is 11.6 Å². The van der Waals surface area contributed by atoms with E-state index in [9.17, 15) is 4.79 Å². The SMILES string of the molecule is C[C@@H](Oc1cccc(Cl)c1)C(=O)N1CCCC[C@H]1c1nc2ccccc2o1. The summed E-state index contributed by atoms with van der Waals surface area (Å²) in [5, 5.41) is 0.578. The number of carbonyl (C=O) groups is 1. The first-order chi connectivity index (χ1) is 13.1. The number of amides is 1. The average Bonchev–Trinajstić information content (AvgIpc) is 3.11. The number of hydrogen-bond donors (Lipinski definition) is 0. The molecule has 0 aliphatic carbocycles. The zero-order valence-electron chi connectivity index (χ0n) is 15.1. The minimum atomic E-state index is -0.617. The normalized spacial score (nSPS) is 18.4. The molecule has 0 spiro atoms. The predicted octanol–water partition coefficient (Wildman–Crippen LogP) is 5.00. The van der Waals surface area contributed by atoms with Crippen molar-refractivity contribution >= 4 is 28.6 Å². The molecule has 2 heterocycles. The first-order valence-electron chi connectivity index (χ1n) is 9.20. The third kappa shape index (κ3) is 3.78. The Bertz CT molecular complexity index is 922. The van der Waals surface area contributed by atoms with Crippen molar-refractivity contribution in [1.29, 1.82) is 0 Å². The molecule has 0 N–H and O–H groups in total. The van der Waals surface area contributed by atoms with Crippen LogP contribution in [0.3, 0.4) is 0 Å². The quantitative estimate of drug-likeness (QED) is 0.635. The van der Waals surface area contributed by atoms with Crippen molar-refractivity contribution in [3.05, 3.63) is 59.4 Å². The van der Waals surface area contributed by atoms with E-state index in [1.807, 2.05) is 29.2 Å². The summed E-state index contributed by atoms with van der Waals surface area (Å²) in [5.41, 5.74) is 1.56. The van der Waals surface area contributed by atoms with Gasteiger partial charge in [0, 0.05) is 11.6 Å². The number of aromatic nitrogens is 1. The second kappa shape index (κ2) is 7.61. The summed E-state index contributed by atoms with van der Waals surface area (Å²) < 4.78 is 11.8. The maximum Gasteiger partial charge on any atom is 0.264 e. The number of rotatable bonds is 4. The van der Waals surface area contributed by atoms with E-state index in [2.05, 4.69) is 4.98 Å². The molecule has 0 bridgehead atoms. The van der Waals surface area contributed by atoms with Gasteiger partial charge in [0.15, 0.2) is 11.7 Å². The van der Waals surface area contributed by atoms with E-state index in [0.717, 1.165) is 30.4 Å². The zero-order chi connectivity index (χ0) is 18.8. The molecule has 1 fully saturated rings. The molecule has 6 heteroatoms. The molecule has 0 unspecified atom stereocenters. The van der Waals surface area contributed by atoms with E-state index in [4.69, 9.17) is 20.8 Å². The number of ether oxygens (including phenoxy) is 1. The summed E-state index contributed by atoms with van der Waals surface area (Å²) in [6.07, 6.45) is 2.22. The Morgan fingerprint density at radius 2 is 2.11 bits per heavy atom. The van der Waals surface area contributed by atoms with Crippen LogP contribution in [0.1, 0.15) is 38.1 Å². The number of nitrogens with zero attached hydrogens (tertiary/aromatic N) is 2. The first kappa shape index (κ1) is 17.9. The van der Waals surface area contributed by atoms with Gasteiger partial charge in [0.05, 0.1) is 0 Å². The summed E-state index contributed by atoms with van der Waals surface area (Å²) in [4.78, 5) is 19.5. The maximum atomic E-state index is 13.1. The summed E-state index contributed by atoms with van der Waals surface area (Å²) in [6, 6.07) is 14.6. The Morgan fingerprint density at radius 3 is 2.93 bits per heavy atom.